The summed E-state index contributed by atoms with van der Waals surface area (Å²) in [6, 6.07) is 14.8. The van der Waals surface area contributed by atoms with Crippen LogP contribution in [0.25, 0.3) is 22.1 Å². The Morgan fingerprint density at radius 3 is 1.73 bits per heavy atom. The van der Waals surface area contributed by atoms with E-state index < -0.39 is 11.8 Å². The first kappa shape index (κ1) is 36.2. The number of fused-ring (bicyclic) bond motifs is 2. The summed E-state index contributed by atoms with van der Waals surface area (Å²) in [7, 11) is 3.71. The molecule has 0 bridgehead atoms. The number of nitrogens with two attached hydrogens (primary N) is 1. The summed E-state index contributed by atoms with van der Waals surface area (Å²) in [5.41, 5.74) is 14.5. The minimum absolute atomic E-state index is 0.323. The number of amides is 3. The molecule has 2 N–H and O–H groups in total. The number of carbonyl (C=O) groups is 3. The summed E-state index contributed by atoms with van der Waals surface area (Å²) in [4.78, 5) is 48.8. The maximum Gasteiger partial charge on any atom is 0.298 e. The molecule has 4 heterocycles. The van der Waals surface area contributed by atoms with E-state index in [9.17, 15) is 14.4 Å². The lowest BCUT2D eigenvalue weighted by molar-refractivity contribution is 0.0977. The highest BCUT2D eigenvalue weighted by Crippen LogP contribution is 2.27. The Morgan fingerprint density at radius 2 is 1.21 bits per heavy atom. The van der Waals surface area contributed by atoms with E-state index in [4.69, 9.17) is 5.73 Å². The summed E-state index contributed by atoms with van der Waals surface area (Å²) >= 11 is 3.67. The van der Waals surface area contributed by atoms with Crippen LogP contribution in [0.4, 0.5) is 0 Å². The standard InChI is InChI=1S/C37H42BrN11O3/c1-9-48-30(15-23(5)42-48)34(51)40-36-44(7)27-13-11-12-14-28(27)46(36)19-21(3)22(4)20-47-32-26(38)17-25(33(39)50)18-29(32)45(8)37(47)41-35(52)31-16-24(6)43-49(31)10-2/h11-18H,9-10,19-20H2,1-8H3,(H2,39,50)/b22-21+,40-36+,41-37+. The van der Waals surface area contributed by atoms with Gasteiger partial charge in [-0.3, -0.25) is 23.7 Å². The molecular weight excluding hydrogens is 726 g/mol. The minimum atomic E-state index is -0.569. The fourth-order valence-corrected chi connectivity index (χ4v) is 7.21. The van der Waals surface area contributed by atoms with Gasteiger partial charge in [-0.15, -0.1) is 0 Å². The number of primary amides is 1. The molecule has 14 nitrogen and oxygen atoms in total. The maximum absolute atomic E-state index is 13.7. The molecule has 0 saturated carbocycles. The van der Waals surface area contributed by atoms with Crippen LogP contribution < -0.4 is 17.0 Å². The number of allylic oxidation sites excluding steroid dienone is 2. The molecule has 0 fully saturated rings. The molecule has 0 radical (unpaired) electrons. The smallest absolute Gasteiger partial charge is 0.298 e. The van der Waals surface area contributed by atoms with Crippen LogP contribution in [-0.2, 0) is 40.3 Å². The van der Waals surface area contributed by atoms with Crippen molar-refractivity contribution in [3.8, 4) is 0 Å². The van der Waals surface area contributed by atoms with Crippen LogP contribution in [0.1, 0.15) is 70.4 Å². The van der Waals surface area contributed by atoms with E-state index in [1.54, 1.807) is 45.2 Å². The number of imidazole rings is 2. The summed E-state index contributed by atoms with van der Waals surface area (Å²) in [6.07, 6.45) is 0. The molecule has 4 aromatic heterocycles. The monoisotopic (exact) mass is 767 g/mol. The van der Waals surface area contributed by atoms with E-state index in [1.807, 2.05) is 86.6 Å². The van der Waals surface area contributed by atoms with E-state index in [0.29, 0.717) is 64.4 Å². The number of nitrogens with zero attached hydrogens (tertiary/aromatic N) is 10. The molecule has 3 amide bonds. The number of hydrogen-bond acceptors (Lipinski definition) is 5. The van der Waals surface area contributed by atoms with Crippen molar-refractivity contribution in [3.05, 3.63) is 104 Å². The van der Waals surface area contributed by atoms with E-state index in [0.717, 1.165) is 39.1 Å². The summed E-state index contributed by atoms with van der Waals surface area (Å²) in [5, 5.41) is 8.87. The normalized spacial score (nSPS) is 13.1. The van der Waals surface area contributed by atoms with Crippen molar-refractivity contribution in [2.45, 2.75) is 67.7 Å². The molecule has 15 heteroatoms. The number of benzene rings is 2. The highest BCUT2D eigenvalue weighted by Gasteiger charge is 2.20. The van der Waals surface area contributed by atoms with Crippen molar-refractivity contribution in [1.29, 1.82) is 0 Å². The molecule has 0 atom stereocenters. The number of aromatic nitrogens is 8. The van der Waals surface area contributed by atoms with Crippen molar-refractivity contribution in [3.63, 3.8) is 0 Å². The molecule has 6 aromatic rings. The SMILES string of the molecule is CCn1nc(C)cc1C(=O)/N=c1\n(C)c2ccccc2n1C/C(C)=C(\C)Cn1/c(=N/C(=O)c2cc(C)nn2CC)n(C)c2cc(C(N)=O)cc(Br)c21. The number of aryl methyl sites for hydroxylation is 6. The number of carbonyl (C=O) groups excluding carboxylic acids is 3. The van der Waals surface area contributed by atoms with Gasteiger partial charge < -0.3 is 24.0 Å². The zero-order valence-corrected chi connectivity index (χ0v) is 32.2. The van der Waals surface area contributed by atoms with E-state index in [1.165, 1.54) is 0 Å². The van der Waals surface area contributed by atoms with Gasteiger partial charge in [-0.1, -0.05) is 23.3 Å². The van der Waals surface area contributed by atoms with Gasteiger partial charge in [0, 0.05) is 50.3 Å². The van der Waals surface area contributed by atoms with E-state index in [-0.39, 0.29) is 5.91 Å². The summed E-state index contributed by atoms with van der Waals surface area (Å²) in [6.45, 7) is 13.5. The van der Waals surface area contributed by atoms with E-state index >= 15 is 0 Å². The van der Waals surface area contributed by atoms with Crippen LogP contribution in [-0.4, -0.2) is 55.6 Å². The highest BCUT2D eigenvalue weighted by molar-refractivity contribution is 9.10. The molecule has 0 spiro atoms. The van der Waals surface area contributed by atoms with Crippen LogP contribution >= 0.6 is 15.9 Å². The predicted octanol–water partition coefficient (Wildman–Crippen LogP) is 4.70. The Bertz CT molecular complexity index is 2600. The van der Waals surface area contributed by atoms with Crippen LogP contribution in [0.5, 0.6) is 0 Å². The van der Waals surface area contributed by atoms with Crippen LogP contribution in [0.15, 0.2) is 74.1 Å². The third-order valence-corrected chi connectivity index (χ3v) is 9.94. The lowest BCUT2D eigenvalue weighted by Crippen LogP contribution is -2.28. The van der Waals surface area contributed by atoms with Crippen molar-refractivity contribution in [2.75, 3.05) is 0 Å². The van der Waals surface area contributed by atoms with Gasteiger partial charge in [-0.05, 0) is 93.9 Å². The Hall–Kier alpha value is -5.57. The fraction of sp³-hybridized carbons (Fsp3) is 0.324. The number of halogens is 1. The third kappa shape index (κ3) is 6.51. The minimum Gasteiger partial charge on any atom is -0.366 e. The molecule has 0 aliphatic carbocycles. The molecule has 0 aliphatic rings. The van der Waals surface area contributed by atoms with Gasteiger partial charge in [0.05, 0.1) is 33.5 Å². The Labute approximate surface area is 308 Å². The Morgan fingerprint density at radius 1 is 0.731 bits per heavy atom. The van der Waals surface area contributed by atoms with Crippen molar-refractivity contribution >= 4 is 55.7 Å². The largest absolute Gasteiger partial charge is 0.366 e. The summed E-state index contributed by atoms with van der Waals surface area (Å²) < 4.78 is 11.6. The van der Waals surface area contributed by atoms with Crippen molar-refractivity contribution < 1.29 is 14.4 Å². The lowest BCUT2D eigenvalue weighted by atomic mass is 10.1. The molecule has 0 saturated heterocycles. The second kappa shape index (κ2) is 14.2. The maximum atomic E-state index is 13.7. The number of para-hydroxylation sites is 2. The molecular formula is C37H42BrN11O3. The first-order valence-electron chi connectivity index (χ1n) is 17.0. The molecule has 270 valence electrons. The topological polar surface area (TPSA) is 157 Å². The second-order valence-corrected chi connectivity index (χ2v) is 13.8. The average Bonchev–Trinajstić information content (AvgIpc) is 3.83. The Balaban J connectivity index is 1.50. The van der Waals surface area contributed by atoms with Gasteiger partial charge in [0.2, 0.25) is 17.1 Å². The highest BCUT2D eigenvalue weighted by atomic mass is 79.9. The molecule has 0 aliphatic heterocycles. The fourth-order valence-electron chi connectivity index (χ4n) is 6.55. The van der Waals surface area contributed by atoms with Crippen molar-refractivity contribution in [1.82, 2.24) is 37.8 Å². The molecule has 0 unspecified atom stereocenters. The zero-order chi connectivity index (χ0) is 37.6. The van der Waals surface area contributed by atoms with Crippen LogP contribution in [0.3, 0.4) is 0 Å². The second-order valence-electron chi connectivity index (χ2n) is 12.9. The number of hydrogen-bond donors (Lipinski definition) is 1. The Kier molecular flexibility index (Phi) is 9.90. The first-order valence-corrected chi connectivity index (χ1v) is 17.8. The van der Waals surface area contributed by atoms with Crippen molar-refractivity contribution in [2.24, 2.45) is 29.8 Å². The zero-order valence-electron chi connectivity index (χ0n) is 30.6. The van der Waals surface area contributed by atoms with Gasteiger partial charge in [-0.25, -0.2) is 0 Å². The third-order valence-electron chi connectivity index (χ3n) is 9.34. The first-order chi connectivity index (χ1) is 24.7. The van der Waals surface area contributed by atoms with Gasteiger partial charge >= 0.3 is 0 Å². The lowest BCUT2D eigenvalue weighted by Gasteiger charge is -2.13. The molecule has 6 rings (SSSR count). The summed E-state index contributed by atoms with van der Waals surface area (Å²) in [5.74, 6) is -1.38. The van der Waals surface area contributed by atoms with Gasteiger partial charge in [-0.2, -0.15) is 20.2 Å². The average molecular weight is 769 g/mol. The molecule has 2 aromatic carbocycles. The van der Waals surface area contributed by atoms with Crippen LogP contribution in [0, 0.1) is 13.8 Å². The van der Waals surface area contributed by atoms with Gasteiger partial charge in [0.25, 0.3) is 11.8 Å². The van der Waals surface area contributed by atoms with Crippen LogP contribution in [0.2, 0.25) is 0 Å². The quantitative estimate of drug-likeness (QED) is 0.211. The van der Waals surface area contributed by atoms with Gasteiger partial charge in [0.15, 0.2) is 0 Å². The number of rotatable bonds is 9. The van der Waals surface area contributed by atoms with E-state index in [2.05, 4.69) is 36.1 Å². The predicted molar refractivity (Wildman–Crippen MR) is 201 cm³/mol. The molecule has 52 heavy (non-hydrogen) atoms. The van der Waals surface area contributed by atoms with Gasteiger partial charge in [0.1, 0.15) is 11.4 Å².